The average molecular weight is 469 g/mol. The molecule has 3 rings (SSSR count). The van der Waals surface area contributed by atoms with Crippen LogP contribution in [-0.2, 0) is 37.1 Å². The molecule has 3 N–H and O–H groups in total. The first-order valence-electron chi connectivity index (χ1n) is 9.06. The van der Waals surface area contributed by atoms with Crippen LogP contribution in [0.15, 0.2) is 23.1 Å². The molecule has 12 heteroatoms. The van der Waals surface area contributed by atoms with Crippen LogP contribution in [0.4, 0.5) is 5.00 Å². The Morgan fingerprint density at radius 2 is 1.90 bits per heavy atom. The third-order valence-electron chi connectivity index (χ3n) is 4.62. The Hall–Kier alpha value is -2.96. The van der Waals surface area contributed by atoms with Gasteiger partial charge in [0.05, 0.1) is 24.7 Å². The highest BCUT2D eigenvalue weighted by atomic mass is 32.2. The van der Waals surface area contributed by atoms with Crippen LogP contribution in [0.25, 0.3) is 0 Å². The fourth-order valence-corrected chi connectivity index (χ4v) is 5.04. The predicted octanol–water partition coefficient (Wildman–Crippen LogP) is 1.47. The summed E-state index contributed by atoms with van der Waals surface area (Å²) in [5, 5.41) is 8.00. The summed E-state index contributed by atoms with van der Waals surface area (Å²) in [4.78, 5) is 37.6. The average Bonchev–Trinajstić information content (AvgIpc) is 3.31. The quantitative estimate of drug-likeness (QED) is 0.580. The first kappa shape index (κ1) is 22.7. The fraction of sp³-hybridized carbons (Fsp3) is 0.316. The van der Waals surface area contributed by atoms with Gasteiger partial charge in [-0.3, -0.25) is 4.79 Å². The van der Waals surface area contributed by atoms with E-state index in [4.69, 9.17) is 19.3 Å². The topological polar surface area (TPSA) is 151 Å². The summed E-state index contributed by atoms with van der Waals surface area (Å²) < 4.78 is 37.9. The van der Waals surface area contributed by atoms with Crippen LogP contribution >= 0.6 is 11.3 Å². The summed E-state index contributed by atoms with van der Waals surface area (Å²) in [6.45, 7) is -0.662. The fourth-order valence-electron chi connectivity index (χ4n) is 3.21. The smallest absolute Gasteiger partial charge is 0.342 e. The van der Waals surface area contributed by atoms with Gasteiger partial charge >= 0.3 is 11.9 Å². The molecule has 0 radical (unpaired) electrons. The minimum Gasteiger partial charge on any atom is -0.496 e. The lowest BCUT2D eigenvalue weighted by Crippen LogP contribution is -2.22. The number of primary sulfonamides is 1. The van der Waals surface area contributed by atoms with Gasteiger partial charge in [-0.25, -0.2) is 23.1 Å². The van der Waals surface area contributed by atoms with Gasteiger partial charge in [-0.2, -0.15) is 0 Å². The number of nitrogens with two attached hydrogens (primary N) is 1. The Labute approximate surface area is 182 Å². The van der Waals surface area contributed by atoms with Crippen molar-refractivity contribution in [2.45, 2.75) is 24.2 Å². The number of aryl methyl sites for hydroxylation is 1. The number of sulfonamides is 1. The lowest BCUT2D eigenvalue weighted by atomic mass is 10.1. The molecule has 1 aromatic heterocycles. The van der Waals surface area contributed by atoms with Crippen molar-refractivity contribution >= 4 is 44.2 Å². The molecule has 2 aromatic rings. The van der Waals surface area contributed by atoms with Gasteiger partial charge in [0.2, 0.25) is 10.0 Å². The van der Waals surface area contributed by atoms with E-state index in [0.717, 1.165) is 35.8 Å². The molecule has 31 heavy (non-hydrogen) atoms. The minimum atomic E-state index is -4.06. The van der Waals surface area contributed by atoms with Crippen molar-refractivity contribution in [1.82, 2.24) is 0 Å². The molecule has 10 nitrogen and oxygen atoms in total. The van der Waals surface area contributed by atoms with Crippen LogP contribution in [0.1, 0.15) is 37.6 Å². The van der Waals surface area contributed by atoms with Crippen LogP contribution in [0.5, 0.6) is 5.75 Å². The lowest BCUT2D eigenvalue weighted by Gasteiger charge is -2.11. The summed E-state index contributed by atoms with van der Waals surface area (Å²) >= 11 is 1.29. The minimum absolute atomic E-state index is 0.0560. The zero-order valence-electron chi connectivity index (χ0n) is 16.7. The number of hydrogen-bond donors (Lipinski definition) is 2. The largest absolute Gasteiger partial charge is 0.496 e. The number of anilines is 1. The Kier molecular flexibility index (Phi) is 6.62. The number of hydrogen-bond acceptors (Lipinski definition) is 9. The molecule has 166 valence electrons. The number of methoxy groups -OCH3 is 2. The maximum absolute atomic E-state index is 12.4. The van der Waals surface area contributed by atoms with Crippen LogP contribution in [0, 0.1) is 0 Å². The number of thiophene rings is 1. The zero-order valence-corrected chi connectivity index (χ0v) is 18.4. The molecule has 1 aliphatic rings. The Morgan fingerprint density at radius 3 is 2.55 bits per heavy atom. The number of fused-ring (bicyclic) bond motifs is 1. The standard InChI is InChI=1S/C19H20N2O8S2/c1-27-13-7-6-10(31(20,25)26)8-12(13)18(23)29-9-15(22)21-17-16(19(24)28-2)11-4-3-5-14(11)30-17/h6-8H,3-5,9H2,1-2H3,(H,21,22)(H2,20,25,26). The molecule has 0 atom stereocenters. The summed E-state index contributed by atoms with van der Waals surface area (Å²) in [6, 6.07) is 3.45. The van der Waals surface area contributed by atoms with Crippen LogP contribution in [-0.4, -0.2) is 47.1 Å². The number of nitrogens with one attached hydrogen (secondary N) is 1. The predicted molar refractivity (Wildman–Crippen MR) is 111 cm³/mol. The second kappa shape index (κ2) is 9.04. The van der Waals surface area contributed by atoms with E-state index in [2.05, 4.69) is 5.32 Å². The lowest BCUT2D eigenvalue weighted by molar-refractivity contribution is -0.119. The summed E-state index contributed by atoms with van der Waals surface area (Å²) in [5.74, 6) is -2.13. The monoisotopic (exact) mass is 468 g/mol. The summed E-state index contributed by atoms with van der Waals surface area (Å²) in [5.41, 5.74) is 0.989. The molecule has 0 spiro atoms. The van der Waals surface area contributed by atoms with E-state index in [0.29, 0.717) is 10.6 Å². The third-order valence-corrected chi connectivity index (χ3v) is 6.74. The van der Waals surface area contributed by atoms with Crippen molar-refractivity contribution in [3.63, 3.8) is 0 Å². The third kappa shape index (κ3) is 4.86. The molecular weight excluding hydrogens is 448 g/mol. The molecule has 0 fully saturated rings. The van der Waals surface area contributed by atoms with Gasteiger partial charge in [0.25, 0.3) is 5.91 Å². The van der Waals surface area contributed by atoms with E-state index < -0.39 is 34.5 Å². The number of esters is 2. The second-order valence-corrected chi connectivity index (χ2v) is 9.25. The van der Waals surface area contributed by atoms with E-state index in [1.54, 1.807) is 0 Å². The maximum atomic E-state index is 12.4. The number of rotatable bonds is 7. The Morgan fingerprint density at radius 1 is 1.16 bits per heavy atom. The second-order valence-electron chi connectivity index (χ2n) is 6.58. The SMILES string of the molecule is COC(=O)c1c(NC(=O)COC(=O)c2cc(S(N)(=O)=O)ccc2OC)sc2c1CCC2. The Bertz CT molecular complexity index is 1150. The highest BCUT2D eigenvalue weighted by Crippen LogP contribution is 2.39. The molecule has 0 saturated carbocycles. The van der Waals surface area contributed by atoms with Gasteiger partial charge in [-0.05, 0) is 43.0 Å². The number of benzene rings is 1. The van der Waals surface area contributed by atoms with Gasteiger partial charge in [0, 0.05) is 4.88 Å². The summed E-state index contributed by atoms with van der Waals surface area (Å²) in [7, 11) is -1.50. The molecule has 1 heterocycles. The van der Waals surface area contributed by atoms with Gasteiger partial charge in [0.15, 0.2) is 6.61 Å². The number of carbonyl (C=O) groups is 3. The zero-order chi connectivity index (χ0) is 22.8. The molecular formula is C19H20N2O8S2. The molecule has 1 aromatic carbocycles. The van der Waals surface area contributed by atoms with E-state index in [1.165, 1.54) is 37.7 Å². The van der Waals surface area contributed by atoms with Gasteiger partial charge in [-0.15, -0.1) is 11.3 Å². The van der Waals surface area contributed by atoms with E-state index >= 15 is 0 Å². The number of ether oxygens (including phenoxy) is 3. The van der Waals surface area contributed by atoms with Crippen LogP contribution < -0.4 is 15.2 Å². The van der Waals surface area contributed by atoms with Crippen molar-refractivity contribution in [2.75, 3.05) is 26.1 Å². The number of carbonyl (C=O) groups excluding carboxylic acids is 3. The first-order valence-corrected chi connectivity index (χ1v) is 11.4. The Balaban J connectivity index is 1.72. The highest BCUT2D eigenvalue weighted by Gasteiger charge is 2.28. The maximum Gasteiger partial charge on any atom is 0.342 e. The van der Waals surface area contributed by atoms with E-state index in [1.807, 2.05) is 0 Å². The molecule has 0 unspecified atom stereocenters. The van der Waals surface area contributed by atoms with E-state index in [9.17, 15) is 22.8 Å². The van der Waals surface area contributed by atoms with Crippen molar-refractivity contribution in [3.8, 4) is 5.75 Å². The molecule has 1 aliphatic carbocycles. The van der Waals surface area contributed by atoms with Crippen molar-refractivity contribution in [1.29, 1.82) is 0 Å². The van der Waals surface area contributed by atoms with Gasteiger partial charge in [-0.1, -0.05) is 0 Å². The van der Waals surface area contributed by atoms with Crippen LogP contribution in [0.2, 0.25) is 0 Å². The van der Waals surface area contributed by atoms with Crippen molar-refractivity contribution in [2.24, 2.45) is 5.14 Å². The summed E-state index contributed by atoms with van der Waals surface area (Å²) in [6.07, 6.45) is 2.47. The number of amides is 1. The molecule has 0 bridgehead atoms. The van der Waals surface area contributed by atoms with Gasteiger partial charge in [0.1, 0.15) is 16.3 Å². The van der Waals surface area contributed by atoms with E-state index in [-0.39, 0.29) is 16.2 Å². The normalized spacial score (nSPS) is 12.7. The van der Waals surface area contributed by atoms with Crippen molar-refractivity contribution in [3.05, 3.63) is 39.8 Å². The molecule has 1 amide bonds. The molecule has 0 saturated heterocycles. The van der Waals surface area contributed by atoms with Gasteiger partial charge < -0.3 is 19.5 Å². The van der Waals surface area contributed by atoms with Crippen LogP contribution in [0.3, 0.4) is 0 Å². The first-order chi connectivity index (χ1) is 14.7. The molecule has 0 aliphatic heterocycles. The van der Waals surface area contributed by atoms with Crippen molar-refractivity contribution < 1.29 is 37.0 Å². The highest BCUT2D eigenvalue weighted by molar-refractivity contribution is 7.89.